The predicted molar refractivity (Wildman–Crippen MR) is 69.6 cm³/mol. The number of nitrogens with zero attached hydrogens (tertiary/aromatic N) is 3. The van der Waals surface area contributed by atoms with Gasteiger partial charge in [-0.2, -0.15) is 5.10 Å². The molecular weight excluding hydrogens is 246 g/mol. The van der Waals surface area contributed by atoms with Gasteiger partial charge in [0, 0.05) is 31.9 Å². The summed E-state index contributed by atoms with van der Waals surface area (Å²) in [5, 5.41) is 4.51. The average molecular weight is 267 g/mol. The second-order valence-corrected chi connectivity index (χ2v) is 5.00. The maximum Gasteiger partial charge on any atom is 0.336 e. The van der Waals surface area contributed by atoms with E-state index in [9.17, 15) is 4.79 Å². The van der Waals surface area contributed by atoms with Crippen LogP contribution in [0.2, 0.25) is 0 Å². The Morgan fingerprint density at radius 3 is 3.05 bits per heavy atom. The highest BCUT2D eigenvalue weighted by atomic mass is 16.6. The van der Waals surface area contributed by atoms with Crippen molar-refractivity contribution in [3.8, 4) is 0 Å². The molecule has 0 N–H and O–H groups in total. The standard InChI is InChI=1S/C13H21N3O3/c1-10(2)16-5-4-11(14-16)8-15-6-7-19-12(9-15)13(17)18-3/h4-5,10,12H,6-9H2,1-3H3. The molecule has 19 heavy (non-hydrogen) atoms. The summed E-state index contributed by atoms with van der Waals surface area (Å²) >= 11 is 0. The van der Waals surface area contributed by atoms with Gasteiger partial charge in [-0.1, -0.05) is 0 Å². The van der Waals surface area contributed by atoms with Gasteiger partial charge in [0.25, 0.3) is 0 Å². The molecule has 0 aromatic carbocycles. The van der Waals surface area contributed by atoms with Crippen LogP contribution in [0.5, 0.6) is 0 Å². The molecule has 6 heteroatoms. The van der Waals surface area contributed by atoms with Crippen molar-refractivity contribution < 1.29 is 14.3 Å². The van der Waals surface area contributed by atoms with Gasteiger partial charge in [0.1, 0.15) is 0 Å². The van der Waals surface area contributed by atoms with Crippen LogP contribution in [0, 0.1) is 0 Å². The van der Waals surface area contributed by atoms with Crippen molar-refractivity contribution in [2.75, 3.05) is 26.8 Å². The first-order valence-corrected chi connectivity index (χ1v) is 6.56. The quantitative estimate of drug-likeness (QED) is 0.757. The first-order valence-electron chi connectivity index (χ1n) is 6.56. The van der Waals surface area contributed by atoms with Crippen LogP contribution >= 0.6 is 0 Å². The molecule has 6 nitrogen and oxygen atoms in total. The number of aromatic nitrogens is 2. The lowest BCUT2D eigenvalue weighted by molar-refractivity contribution is -0.160. The van der Waals surface area contributed by atoms with Gasteiger partial charge in [-0.3, -0.25) is 9.58 Å². The zero-order valence-electron chi connectivity index (χ0n) is 11.7. The van der Waals surface area contributed by atoms with Gasteiger partial charge in [-0.25, -0.2) is 4.79 Å². The molecule has 1 aromatic heterocycles. The normalized spacial score (nSPS) is 20.7. The molecule has 2 rings (SSSR count). The Bertz CT molecular complexity index is 431. The van der Waals surface area contributed by atoms with Gasteiger partial charge < -0.3 is 9.47 Å². The first kappa shape index (κ1) is 14.0. The number of morpholine rings is 1. The Labute approximate surface area is 113 Å². The van der Waals surface area contributed by atoms with Crippen LogP contribution in [0.4, 0.5) is 0 Å². The predicted octanol–water partition coefficient (Wildman–Crippen LogP) is 0.838. The number of esters is 1. The molecular formula is C13H21N3O3. The Balaban J connectivity index is 1.92. The molecule has 0 saturated carbocycles. The Hall–Kier alpha value is -1.40. The van der Waals surface area contributed by atoms with E-state index in [2.05, 4.69) is 23.8 Å². The third-order valence-electron chi connectivity index (χ3n) is 3.19. The molecule has 1 aliphatic heterocycles. The van der Waals surface area contributed by atoms with Crippen molar-refractivity contribution in [2.24, 2.45) is 0 Å². The molecule has 106 valence electrons. The van der Waals surface area contributed by atoms with Crippen LogP contribution in [0.25, 0.3) is 0 Å². The van der Waals surface area contributed by atoms with Crippen LogP contribution in [-0.2, 0) is 20.8 Å². The molecule has 0 aliphatic carbocycles. The molecule has 0 spiro atoms. The van der Waals surface area contributed by atoms with E-state index in [1.807, 2.05) is 16.9 Å². The van der Waals surface area contributed by atoms with Crippen molar-refractivity contribution in [2.45, 2.75) is 32.5 Å². The lowest BCUT2D eigenvalue weighted by atomic mass is 10.2. The Morgan fingerprint density at radius 1 is 1.63 bits per heavy atom. The van der Waals surface area contributed by atoms with Gasteiger partial charge in [0.05, 0.1) is 19.4 Å². The van der Waals surface area contributed by atoms with E-state index < -0.39 is 6.10 Å². The molecule has 1 unspecified atom stereocenters. The number of carbonyl (C=O) groups excluding carboxylic acids is 1. The molecule has 0 amide bonds. The Kier molecular flexibility index (Phi) is 4.55. The van der Waals surface area contributed by atoms with Crippen molar-refractivity contribution in [1.29, 1.82) is 0 Å². The fraction of sp³-hybridized carbons (Fsp3) is 0.692. The lowest BCUT2D eigenvalue weighted by Gasteiger charge is -2.30. The van der Waals surface area contributed by atoms with E-state index in [0.29, 0.717) is 19.2 Å². The summed E-state index contributed by atoms with van der Waals surface area (Å²) in [6, 6.07) is 2.38. The van der Waals surface area contributed by atoms with Crippen LogP contribution in [0.1, 0.15) is 25.6 Å². The average Bonchev–Trinajstić information content (AvgIpc) is 2.87. The van der Waals surface area contributed by atoms with Crippen molar-refractivity contribution in [3.63, 3.8) is 0 Å². The maximum atomic E-state index is 11.5. The van der Waals surface area contributed by atoms with E-state index >= 15 is 0 Å². The fourth-order valence-corrected chi connectivity index (χ4v) is 2.10. The summed E-state index contributed by atoms with van der Waals surface area (Å²) in [5.41, 5.74) is 1.01. The number of hydrogen-bond acceptors (Lipinski definition) is 5. The number of ether oxygens (including phenoxy) is 2. The topological polar surface area (TPSA) is 56.6 Å². The molecule has 1 fully saturated rings. The summed E-state index contributed by atoms with van der Waals surface area (Å²) in [4.78, 5) is 13.6. The number of carbonyl (C=O) groups is 1. The van der Waals surface area contributed by atoms with Crippen LogP contribution in [-0.4, -0.2) is 53.6 Å². The molecule has 1 aromatic rings. The zero-order chi connectivity index (χ0) is 13.8. The lowest BCUT2D eigenvalue weighted by Crippen LogP contribution is -2.46. The van der Waals surface area contributed by atoms with Crippen LogP contribution in [0.3, 0.4) is 0 Å². The number of rotatable bonds is 4. The van der Waals surface area contributed by atoms with Gasteiger partial charge in [-0.05, 0) is 19.9 Å². The van der Waals surface area contributed by atoms with Crippen molar-refractivity contribution >= 4 is 5.97 Å². The highest BCUT2D eigenvalue weighted by Gasteiger charge is 2.27. The second kappa shape index (κ2) is 6.16. The minimum Gasteiger partial charge on any atom is -0.467 e. The summed E-state index contributed by atoms with van der Waals surface area (Å²) in [6.45, 7) is 6.84. The van der Waals surface area contributed by atoms with Gasteiger partial charge >= 0.3 is 5.97 Å². The minimum absolute atomic E-state index is 0.308. The van der Waals surface area contributed by atoms with E-state index in [1.54, 1.807) is 0 Å². The third-order valence-corrected chi connectivity index (χ3v) is 3.19. The van der Waals surface area contributed by atoms with Gasteiger partial charge in [0.15, 0.2) is 6.10 Å². The number of methoxy groups -OCH3 is 1. The summed E-state index contributed by atoms with van der Waals surface area (Å²) in [5.74, 6) is -0.308. The monoisotopic (exact) mass is 267 g/mol. The molecule has 1 saturated heterocycles. The second-order valence-electron chi connectivity index (χ2n) is 5.00. The van der Waals surface area contributed by atoms with E-state index in [4.69, 9.17) is 9.47 Å². The molecule has 0 bridgehead atoms. The smallest absolute Gasteiger partial charge is 0.336 e. The first-order chi connectivity index (χ1) is 9.10. The van der Waals surface area contributed by atoms with Crippen molar-refractivity contribution in [3.05, 3.63) is 18.0 Å². The largest absolute Gasteiger partial charge is 0.467 e. The van der Waals surface area contributed by atoms with Crippen LogP contribution in [0.15, 0.2) is 12.3 Å². The fourth-order valence-electron chi connectivity index (χ4n) is 2.10. The van der Waals surface area contributed by atoms with Gasteiger partial charge in [-0.15, -0.1) is 0 Å². The molecule has 1 atom stereocenters. The van der Waals surface area contributed by atoms with Crippen LogP contribution < -0.4 is 0 Å². The van der Waals surface area contributed by atoms with E-state index in [-0.39, 0.29) is 5.97 Å². The Morgan fingerprint density at radius 2 is 2.42 bits per heavy atom. The maximum absolute atomic E-state index is 11.5. The molecule has 2 heterocycles. The highest BCUT2D eigenvalue weighted by molar-refractivity contribution is 5.74. The van der Waals surface area contributed by atoms with Crippen molar-refractivity contribution in [1.82, 2.24) is 14.7 Å². The molecule has 1 aliphatic rings. The van der Waals surface area contributed by atoms with E-state index in [0.717, 1.165) is 18.8 Å². The SMILES string of the molecule is COC(=O)C1CN(Cc2ccn(C(C)C)n2)CCO1. The summed E-state index contributed by atoms with van der Waals surface area (Å²) < 4.78 is 12.1. The summed E-state index contributed by atoms with van der Waals surface area (Å²) in [6.07, 6.45) is 1.50. The third kappa shape index (κ3) is 3.54. The van der Waals surface area contributed by atoms with E-state index in [1.165, 1.54) is 7.11 Å². The number of hydrogen-bond donors (Lipinski definition) is 0. The highest BCUT2D eigenvalue weighted by Crippen LogP contribution is 2.11. The summed E-state index contributed by atoms with van der Waals surface area (Å²) in [7, 11) is 1.38. The zero-order valence-corrected chi connectivity index (χ0v) is 11.7. The molecule has 0 radical (unpaired) electrons. The minimum atomic E-state index is -0.481. The van der Waals surface area contributed by atoms with Gasteiger partial charge in [0.2, 0.25) is 0 Å².